The Morgan fingerprint density at radius 2 is 1.94 bits per heavy atom. The highest BCUT2D eigenvalue weighted by molar-refractivity contribution is 9.09. The number of esters is 1. The van der Waals surface area contributed by atoms with Crippen LogP contribution in [0.1, 0.15) is 67.2 Å². The van der Waals surface area contributed by atoms with Crippen molar-refractivity contribution in [2.24, 2.45) is 17.3 Å². The van der Waals surface area contributed by atoms with Gasteiger partial charge in [0.05, 0.1) is 24.5 Å². The van der Waals surface area contributed by atoms with Gasteiger partial charge in [-0.25, -0.2) is 0 Å². The van der Waals surface area contributed by atoms with E-state index < -0.39 is 41.1 Å². The Labute approximate surface area is 205 Å². The van der Waals surface area contributed by atoms with Gasteiger partial charge in [0.25, 0.3) is 0 Å². The smallest absolute Gasteiger partial charge is 0.312 e. The molecule has 188 valence electrons. The number of carbonyl (C=O) groups is 3. The first-order valence-corrected chi connectivity index (χ1v) is 12.9. The summed E-state index contributed by atoms with van der Waals surface area (Å²) in [5, 5.41) is 12.4. The first-order chi connectivity index (χ1) is 15.3. The Kier molecular flexibility index (Phi) is 7.57. The third kappa shape index (κ3) is 4.96. The number of hydrogen-bond donors (Lipinski definition) is 2. The van der Waals surface area contributed by atoms with Crippen molar-refractivity contribution < 1.29 is 29.0 Å². The maximum atomic E-state index is 13.8. The van der Waals surface area contributed by atoms with Gasteiger partial charge in [-0.3, -0.25) is 14.4 Å². The zero-order valence-electron chi connectivity index (χ0n) is 20.7. The predicted molar refractivity (Wildman–Crippen MR) is 127 cm³/mol. The molecule has 2 bridgehead atoms. The number of ether oxygens (including phenoxy) is 2. The van der Waals surface area contributed by atoms with E-state index in [1.165, 1.54) is 0 Å². The Balaban J connectivity index is 1.96. The van der Waals surface area contributed by atoms with E-state index >= 15 is 0 Å². The van der Waals surface area contributed by atoms with E-state index in [0.29, 0.717) is 25.8 Å². The standard InChI is InChI=1S/C24H39BrN2O6/c1-7-32-21(31)15-16-20(30)27(10-8-9-11-28)18(24(16)12-14(25)17(15)33-24)19(29)26-23(5,6)13-22(2,3)4/h14-18,28H,7-13H2,1-6H3,(H,26,29)/t14?,15-,16+,17-,18-,24+/m0/s1. The number of carbonyl (C=O) groups excluding carboxylic acids is 3. The van der Waals surface area contributed by atoms with Gasteiger partial charge in [0.2, 0.25) is 11.8 Å². The number of nitrogens with one attached hydrogen (secondary N) is 1. The minimum Gasteiger partial charge on any atom is -0.466 e. The third-order valence-corrected chi connectivity index (χ3v) is 7.68. The first-order valence-electron chi connectivity index (χ1n) is 12.0. The second kappa shape index (κ2) is 9.46. The van der Waals surface area contributed by atoms with E-state index in [2.05, 4.69) is 42.0 Å². The predicted octanol–water partition coefficient (Wildman–Crippen LogP) is 2.40. The van der Waals surface area contributed by atoms with Crippen LogP contribution in [0.15, 0.2) is 0 Å². The molecule has 3 fully saturated rings. The van der Waals surface area contributed by atoms with Crippen LogP contribution in [0.2, 0.25) is 0 Å². The lowest BCUT2D eigenvalue weighted by Gasteiger charge is -2.38. The minimum absolute atomic E-state index is 0.00216. The Morgan fingerprint density at radius 1 is 1.27 bits per heavy atom. The molecule has 6 atom stereocenters. The van der Waals surface area contributed by atoms with Gasteiger partial charge in [0.1, 0.15) is 11.6 Å². The highest BCUT2D eigenvalue weighted by Crippen LogP contribution is 2.60. The van der Waals surface area contributed by atoms with E-state index in [-0.39, 0.29) is 35.3 Å². The number of hydrogen-bond acceptors (Lipinski definition) is 6. The monoisotopic (exact) mass is 530 g/mol. The van der Waals surface area contributed by atoms with Crippen LogP contribution in [0.5, 0.6) is 0 Å². The first kappa shape index (κ1) is 26.4. The molecule has 9 heteroatoms. The number of aliphatic hydroxyl groups excluding tert-OH is 1. The van der Waals surface area contributed by atoms with Gasteiger partial charge in [0, 0.05) is 23.5 Å². The number of aliphatic hydroxyl groups is 1. The normalized spacial score (nSPS) is 33.4. The molecule has 1 spiro atoms. The fraction of sp³-hybridized carbons (Fsp3) is 0.875. The maximum absolute atomic E-state index is 13.8. The Bertz CT molecular complexity index is 781. The number of halogens is 1. The molecule has 2 amide bonds. The summed E-state index contributed by atoms with van der Waals surface area (Å²) in [5.74, 6) is -2.42. The second-order valence-electron chi connectivity index (χ2n) is 11.5. The topological polar surface area (TPSA) is 105 Å². The summed E-state index contributed by atoms with van der Waals surface area (Å²) in [6.45, 7) is 12.6. The van der Waals surface area contributed by atoms with E-state index in [0.717, 1.165) is 6.42 Å². The molecule has 3 aliphatic rings. The Morgan fingerprint density at radius 3 is 2.52 bits per heavy atom. The highest BCUT2D eigenvalue weighted by atomic mass is 79.9. The van der Waals surface area contributed by atoms with E-state index in [4.69, 9.17) is 9.47 Å². The van der Waals surface area contributed by atoms with Crippen LogP contribution >= 0.6 is 15.9 Å². The van der Waals surface area contributed by atoms with Crippen LogP contribution in [-0.4, -0.2) is 75.7 Å². The summed E-state index contributed by atoms with van der Waals surface area (Å²) in [6, 6.07) is -0.836. The number of alkyl halides is 1. The molecule has 0 saturated carbocycles. The molecular formula is C24H39BrN2O6. The molecule has 3 heterocycles. The van der Waals surface area contributed by atoms with Gasteiger partial charge < -0.3 is 24.8 Å². The van der Waals surface area contributed by atoms with Crippen molar-refractivity contribution >= 4 is 33.7 Å². The summed E-state index contributed by atoms with van der Waals surface area (Å²) in [4.78, 5) is 41.8. The maximum Gasteiger partial charge on any atom is 0.312 e. The molecule has 33 heavy (non-hydrogen) atoms. The van der Waals surface area contributed by atoms with Crippen molar-refractivity contribution in [2.75, 3.05) is 19.8 Å². The molecule has 3 saturated heterocycles. The van der Waals surface area contributed by atoms with Crippen molar-refractivity contribution in [1.29, 1.82) is 0 Å². The van der Waals surface area contributed by atoms with Crippen molar-refractivity contribution in [3.05, 3.63) is 0 Å². The number of rotatable bonds is 9. The van der Waals surface area contributed by atoms with Crippen molar-refractivity contribution in [3.63, 3.8) is 0 Å². The number of likely N-dealkylation sites (tertiary alicyclic amines) is 1. The van der Waals surface area contributed by atoms with Gasteiger partial charge in [-0.1, -0.05) is 36.7 Å². The zero-order chi connectivity index (χ0) is 24.8. The molecule has 0 aromatic rings. The molecule has 0 aromatic carbocycles. The third-order valence-electron chi connectivity index (χ3n) is 6.84. The quantitative estimate of drug-likeness (QED) is 0.269. The molecule has 8 nitrogen and oxygen atoms in total. The lowest BCUT2D eigenvalue weighted by atomic mass is 9.70. The highest BCUT2D eigenvalue weighted by Gasteiger charge is 2.76. The molecule has 1 unspecified atom stereocenters. The second-order valence-corrected chi connectivity index (χ2v) is 12.7. The average molecular weight is 531 g/mol. The number of nitrogens with zero attached hydrogens (tertiary/aromatic N) is 1. The van der Waals surface area contributed by atoms with Gasteiger partial charge in [-0.15, -0.1) is 0 Å². The van der Waals surface area contributed by atoms with Crippen LogP contribution in [0.25, 0.3) is 0 Å². The van der Waals surface area contributed by atoms with Crippen LogP contribution in [0.3, 0.4) is 0 Å². The van der Waals surface area contributed by atoms with Crippen LogP contribution in [0.4, 0.5) is 0 Å². The number of unbranched alkanes of at least 4 members (excludes halogenated alkanes) is 1. The fourth-order valence-electron chi connectivity index (χ4n) is 6.34. The Hall–Kier alpha value is -1.19. The lowest BCUT2D eigenvalue weighted by molar-refractivity contribution is -0.154. The van der Waals surface area contributed by atoms with Gasteiger partial charge in [-0.2, -0.15) is 0 Å². The minimum atomic E-state index is -1.07. The van der Waals surface area contributed by atoms with Crippen molar-refractivity contribution in [2.45, 2.75) is 95.3 Å². The van der Waals surface area contributed by atoms with Crippen LogP contribution in [-0.2, 0) is 23.9 Å². The summed E-state index contributed by atoms with van der Waals surface area (Å²) in [6.07, 6.45) is 1.81. The fourth-order valence-corrected chi connectivity index (χ4v) is 7.29. The molecule has 0 aliphatic carbocycles. The SMILES string of the molecule is CCOC(=O)[C@@H]1[C@H]2O[C@@]3(CC2Br)[C@H](C(=O)NC(C)(C)CC(C)(C)C)N(CCCCO)C(=O)[C@@H]13. The molecule has 2 N–H and O–H groups in total. The van der Waals surface area contributed by atoms with E-state index in [1.54, 1.807) is 11.8 Å². The van der Waals surface area contributed by atoms with Gasteiger partial charge in [0.15, 0.2) is 0 Å². The summed E-state index contributed by atoms with van der Waals surface area (Å²) in [7, 11) is 0. The number of amides is 2. The summed E-state index contributed by atoms with van der Waals surface area (Å²) in [5.41, 5.74) is -1.56. The largest absolute Gasteiger partial charge is 0.466 e. The number of fused-ring (bicyclic) bond motifs is 1. The van der Waals surface area contributed by atoms with Gasteiger partial charge in [-0.05, 0) is 51.9 Å². The average Bonchev–Trinajstić information content (AvgIpc) is 3.23. The molecule has 0 radical (unpaired) electrons. The van der Waals surface area contributed by atoms with Crippen LogP contribution in [0, 0.1) is 17.3 Å². The molecule has 0 aromatic heterocycles. The molecule has 3 rings (SSSR count). The van der Waals surface area contributed by atoms with E-state index in [9.17, 15) is 19.5 Å². The van der Waals surface area contributed by atoms with Gasteiger partial charge >= 0.3 is 5.97 Å². The lowest BCUT2D eigenvalue weighted by Crippen LogP contribution is -2.59. The summed E-state index contributed by atoms with van der Waals surface area (Å²) < 4.78 is 11.7. The van der Waals surface area contributed by atoms with Crippen molar-refractivity contribution in [1.82, 2.24) is 10.2 Å². The van der Waals surface area contributed by atoms with Crippen LogP contribution < -0.4 is 5.32 Å². The molecule has 3 aliphatic heterocycles. The molecular weight excluding hydrogens is 492 g/mol. The zero-order valence-corrected chi connectivity index (χ0v) is 22.2. The van der Waals surface area contributed by atoms with Crippen molar-refractivity contribution in [3.8, 4) is 0 Å². The summed E-state index contributed by atoms with van der Waals surface area (Å²) >= 11 is 3.64. The van der Waals surface area contributed by atoms with E-state index in [1.807, 2.05) is 13.8 Å².